The fourth-order valence-corrected chi connectivity index (χ4v) is 0.845. The van der Waals surface area contributed by atoms with E-state index in [1.54, 1.807) is 0 Å². The lowest BCUT2D eigenvalue weighted by Gasteiger charge is -2.18. The van der Waals surface area contributed by atoms with Crippen molar-refractivity contribution in [2.75, 3.05) is 0 Å². The molecule has 0 unspecified atom stereocenters. The number of carbonyl (C=O) groups is 3. The summed E-state index contributed by atoms with van der Waals surface area (Å²) in [6, 6.07) is -2.55. The fourth-order valence-electron chi connectivity index (χ4n) is 0.845. The Balaban J connectivity index is 4.23. The van der Waals surface area contributed by atoms with E-state index in [1.807, 2.05) is 0 Å². The first-order valence-corrected chi connectivity index (χ1v) is 4.48. The molecule has 0 heterocycles. The van der Waals surface area contributed by atoms with Crippen LogP contribution in [0.15, 0.2) is 0 Å². The Morgan fingerprint density at radius 2 is 1.81 bits per heavy atom. The lowest BCUT2D eigenvalue weighted by atomic mass is 10.2. The van der Waals surface area contributed by atoms with Crippen molar-refractivity contribution in [1.29, 1.82) is 0 Å². The highest BCUT2D eigenvalue weighted by atomic mass is 16.5. The minimum Gasteiger partial charge on any atom is -0.480 e. The first-order chi connectivity index (χ1) is 7.25. The van der Waals surface area contributed by atoms with Gasteiger partial charge in [0.25, 0.3) is 0 Å². The first-order valence-electron chi connectivity index (χ1n) is 4.48. The second-order valence-electron chi connectivity index (χ2n) is 3.28. The molecule has 0 aromatic carbocycles. The van der Waals surface area contributed by atoms with Gasteiger partial charge in [0.15, 0.2) is 0 Å². The SMILES string of the molecule is C[C@@H](OC(=O)[C@@H](N)CC(N)=O)[C@H](N)C(=O)O. The van der Waals surface area contributed by atoms with Gasteiger partial charge in [-0.2, -0.15) is 0 Å². The predicted octanol–water partition coefficient (Wildman–Crippen LogP) is -2.47. The van der Waals surface area contributed by atoms with Crippen LogP contribution in [0.5, 0.6) is 0 Å². The minimum atomic E-state index is -1.34. The Kier molecular flexibility index (Phi) is 5.40. The molecule has 3 atom stereocenters. The molecule has 7 N–H and O–H groups in total. The molecule has 0 fully saturated rings. The molecule has 8 heteroatoms. The standard InChI is InChI=1S/C8H15N3O5/c1-3(6(11)7(13)14)16-8(15)4(9)2-5(10)12/h3-4,6H,2,9,11H2,1H3,(H2,10,12)(H,13,14)/t3-,4+,6+/m1/s1. The lowest BCUT2D eigenvalue weighted by Crippen LogP contribution is -2.45. The Bertz CT molecular complexity index is 293. The molecule has 0 saturated carbocycles. The van der Waals surface area contributed by atoms with Crippen molar-refractivity contribution >= 4 is 17.8 Å². The van der Waals surface area contributed by atoms with Gasteiger partial charge < -0.3 is 27.0 Å². The number of hydrogen-bond donors (Lipinski definition) is 4. The summed E-state index contributed by atoms with van der Waals surface area (Å²) in [5, 5.41) is 8.53. The summed E-state index contributed by atoms with van der Waals surface area (Å²) in [5.41, 5.74) is 15.3. The van der Waals surface area contributed by atoms with Gasteiger partial charge in [-0.25, -0.2) is 0 Å². The molecule has 0 radical (unpaired) electrons. The van der Waals surface area contributed by atoms with Crippen LogP contribution in [-0.4, -0.2) is 41.1 Å². The van der Waals surface area contributed by atoms with Crippen molar-refractivity contribution in [3.63, 3.8) is 0 Å². The molecule has 0 aliphatic carbocycles. The van der Waals surface area contributed by atoms with E-state index in [1.165, 1.54) is 6.92 Å². The van der Waals surface area contributed by atoms with Gasteiger partial charge in [0, 0.05) is 0 Å². The third-order valence-corrected chi connectivity index (χ3v) is 1.82. The molecular weight excluding hydrogens is 218 g/mol. The number of aliphatic carboxylic acids is 1. The van der Waals surface area contributed by atoms with Crippen LogP contribution in [-0.2, 0) is 19.1 Å². The molecule has 0 rings (SSSR count). The number of hydrogen-bond acceptors (Lipinski definition) is 6. The van der Waals surface area contributed by atoms with E-state index in [4.69, 9.17) is 22.3 Å². The molecule has 0 spiro atoms. The third-order valence-electron chi connectivity index (χ3n) is 1.82. The molecule has 0 aliphatic rings. The summed E-state index contributed by atoms with van der Waals surface area (Å²) < 4.78 is 4.66. The average Bonchev–Trinajstić information content (AvgIpc) is 2.14. The van der Waals surface area contributed by atoms with Crippen LogP contribution in [0.3, 0.4) is 0 Å². The van der Waals surface area contributed by atoms with Crippen molar-refractivity contribution in [2.45, 2.75) is 31.5 Å². The summed E-state index contributed by atoms with van der Waals surface area (Å²) in [5.74, 6) is -2.97. The maximum absolute atomic E-state index is 11.2. The molecular formula is C8H15N3O5. The monoisotopic (exact) mass is 233 g/mol. The molecule has 0 aromatic rings. The fraction of sp³-hybridized carbons (Fsp3) is 0.625. The summed E-state index contributed by atoms with van der Waals surface area (Å²) in [6.07, 6.45) is -1.41. The summed E-state index contributed by atoms with van der Waals surface area (Å²) in [7, 11) is 0. The predicted molar refractivity (Wildman–Crippen MR) is 53.0 cm³/mol. The first kappa shape index (κ1) is 14.3. The molecule has 8 nitrogen and oxygen atoms in total. The minimum absolute atomic E-state index is 0.367. The van der Waals surface area contributed by atoms with Crippen LogP contribution in [0.4, 0.5) is 0 Å². The maximum Gasteiger partial charge on any atom is 0.324 e. The zero-order chi connectivity index (χ0) is 12.9. The Labute approximate surface area is 91.7 Å². The smallest absolute Gasteiger partial charge is 0.324 e. The molecule has 0 saturated heterocycles. The highest BCUT2D eigenvalue weighted by molar-refractivity contribution is 5.84. The number of carbonyl (C=O) groups excluding carboxylic acids is 2. The zero-order valence-corrected chi connectivity index (χ0v) is 8.75. The van der Waals surface area contributed by atoms with Gasteiger partial charge >= 0.3 is 11.9 Å². The second kappa shape index (κ2) is 6.03. The summed E-state index contributed by atoms with van der Waals surface area (Å²) in [6.45, 7) is 1.31. The molecule has 1 amide bonds. The number of esters is 1. The van der Waals surface area contributed by atoms with Gasteiger partial charge in [-0.1, -0.05) is 0 Å². The number of ether oxygens (including phenoxy) is 1. The van der Waals surface area contributed by atoms with Crippen LogP contribution >= 0.6 is 0 Å². The van der Waals surface area contributed by atoms with E-state index >= 15 is 0 Å². The van der Waals surface area contributed by atoms with Gasteiger partial charge in [0.1, 0.15) is 18.2 Å². The Morgan fingerprint density at radius 1 is 1.31 bits per heavy atom. The van der Waals surface area contributed by atoms with Crippen molar-refractivity contribution in [2.24, 2.45) is 17.2 Å². The van der Waals surface area contributed by atoms with Gasteiger partial charge in [-0.3, -0.25) is 14.4 Å². The molecule has 0 aliphatic heterocycles. The van der Waals surface area contributed by atoms with E-state index in [9.17, 15) is 14.4 Å². The zero-order valence-electron chi connectivity index (χ0n) is 8.75. The van der Waals surface area contributed by atoms with E-state index in [0.717, 1.165) is 0 Å². The lowest BCUT2D eigenvalue weighted by molar-refractivity contribution is -0.155. The molecule has 0 aromatic heterocycles. The van der Waals surface area contributed by atoms with Gasteiger partial charge in [-0.05, 0) is 6.92 Å². The number of primary amides is 1. The van der Waals surface area contributed by atoms with Crippen molar-refractivity contribution in [1.82, 2.24) is 0 Å². The molecule has 16 heavy (non-hydrogen) atoms. The maximum atomic E-state index is 11.2. The van der Waals surface area contributed by atoms with E-state index in [0.29, 0.717) is 0 Å². The van der Waals surface area contributed by atoms with Crippen LogP contribution in [0.1, 0.15) is 13.3 Å². The highest BCUT2D eigenvalue weighted by Crippen LogP contribution is 2.00. The van der Waals surface area contributed by atoms with E-state index in [2.05, 4.69) is 4.74 Å². The Morgan fingerprint density at radius 3 is 2.19 bits per heavy atom. The van der Waals surface area contributed by atoms with Crippen molar-refractivity contribution in [3.8, 4) is 0 Å². The van der Waals surface area contributed by atoms with Crippen molar-refractivity contribution in [3.05, 3.63) is 0 Å². The normalized spacial score (nSPS) is 15.9. The number of rotatable bonds is 6. The van der Waals surface area contributed by atoms with E-state index in [-0.39, 0.29) is 6.42 Å². The number of carboxylic acid groups (broad SMARTS) is 1. The van der Waals surface area contributed by atoms with Gasteiger partial charge in [0.2, 0.25) is 5.91 Å². The topological polar surface area (TPSA) is 159 Å². The largest absolute Gasteiger partial charge is 0.480 e. The number of amides is 1. The summed E-state index contributed by atoms with van der Waals surface area (Å²) >= 11 is 0. The van der Waals surface area contributed by atoms with Crippen LogP contribution in [0, 0.1) is 0 Å². The molecule has 0 bridgehead atoms. The van der Waals surface area contributed by atoms with Crippen LogP contribution in [0.2, 0.25) is 0 Å². The summed E-state index contributed by atoms with van der Waals surface area (Å²) in [4.78, 5) is 32.1. The quantitative estimate of drug-likeness (QED) is 0.370. The van der Waals surface area contributed by atoms with E-state index < -0.39 is 36.0 Å². The van der Waals surface area contributed by atoms with Crippen LogP contribution in [0.25, 0.3) is 0 Å². The number of carboxylic acids is 1. The Hall–Kier alpha value is -1.67. The van der Waals surface area contributed by atoms with Gasteiger partial charge in [-0.15, -0.1) is 0 Å². The third kappa shape index (κ3) is 4.71. The second-order valence-corrected chi connectivity index (χ2v) is 3.28. The van der Waals surface area contributed by atoms with Gasteiger partial charge in [0.05, 0.1) is 6.42 Å². The molecule has 92 valence electrons. The van der Waals surface area contributed by atoms with Crippen LogP contribution < -0.4 is 17.2 Å². The number of nitrogens with two attached hydrogens (primary N) is 3. The highest BCUT2D eigenvalue weighted by Gasteiger charge is 2.26. The average molecular weight is 233 g/mol. The van der Waals surface area contributed by atoms with Crippen molar-refractivity contribution < 1.29 is 24.2 Å².